The number of aromatic nitrogens is 2. The summed E-state index contributed by atoms with van der Waals surface area (Å²) in [5.41, 5.74) is 1.50. The van der Waals surface area contributed by atoms with Crippen molar-refractivity contribution in [2.45, 2.75) is 25.2 Å². The Bertz CT molecular complexity index is 970. The third-order valence-corrected chi connectivity index (χ3v) is 5.11. The molecule has 0 bridgehead atoms. The van der Waals surface area contributed by atoms with Crippen LogP contribution in [0.15, 0.2) is 53.2 Å². The topological polar surface area (TPSA) is 68.5 Å². The van der Waals surface area contributed by atoms with Crippen LogP contribution in [0.4, 0.5) is 4.39 Å². The van der Waals surface area contributed by atoms with Gasteiger partial charge in [0.05, 0.1) is 24.8 Å². The number of halogens is 1. The molecule has 29 heavy (non-hydrogen) atoms. The zero-order valence-corrected chi connectivity index (χ0v) is 16.2. The molecule has 0 spiro atoms. The smallest absolute Gasteiger partial charge is 0.255 e. The first-order valence-corrected chi connectivity index (χ1v) is 9.61. The molecule has 0 unspecified atom stereocenters. The number of rotatable bonds is 5. The number of hydrogen-bond acceptors (Lipinski definition) is 5. The van der Waals surface area contributed by atoms with Crippen molar-refractivity contribution >= 4 is 5.91 Å². The van der Waals surface area contributed by atoms with E-state index < -0.39 is 0 Å². The van der Waals surface area contributed by atoms with Crippen molar-refractivity contribution in [3.63, 3.8) is 0 Å². The molecule has 1 atom stereocenters. The van der Waals surface area contributed by atoms with Gasteiger partial charge in [0.15, 0.2) is 5.89 Å². The van der Waals surface area contributed by atoms with Crippen molar-refractivity contribution in [2.24, 2.45) is 0 Å². The number of piperidine rings is 1. The lowest BCUT2D eigenvalue weighted by atomic mass is 9.97. The summed E-state index contributed by atoms with van der Waals surface area (Å²) in [6.07, 6.45) is 5.61. The molecule has 6 nitrogen and oxygen atoms in total. The Morgan fingerprint density at radius 2 is 2.03 bits per heavy atom. The average Bonchev–Trinajstić information content (AvgIpc) is 3.23. The van der Waals surface area contributed by atoms with Gasteiger partial charge in [0.1, 0.15) is 11.6 Å². The lowest BCUT2D eigenvalue weighted by molar-refractivity contribution is 0.0697. The lowest BCUT2D eigenvalue weighted by Crippen LogP contribution is -2.39. The van der Waals surface area contributed by atoms with Crippen molar-refractivity contribution < 1.29 is 18.3 Å². The molecule has 2 aromatic heterocycles. The molecule has 0 N–H and O–H groups in total. The fourth-order valence-electron chi connectivity index (χ4n) is 3.57. The molecule has 150 valence electrons. The Hall–Kier alpha value is -3.22. The highest BCUT2D eigenvalue weighted by Gasteiger charge is 2.28. The van der Waals surface area contributed by atoms with Crippen molar-refractivity contribution in [1.29, 1.82) is 0 Å². The quantitative estimate of drug-likeness (QED) is 0.657. The molecule has 1 aromatic carbocycles. The number of nitrogens with zero attached hydrogens (tertiary/aromatic N) is 3. The van der Waals surface area contributed by atoms with Gasteiger partial charge in [-0.25, -0.2) is 14.4 Å². The fraction of sp³-hybridized carbons (Fsp3) is 0.318. The number of oxazole rings is 1. The van der Waals surface area contributed by atoms with E-state index in [4.69, 9.17) is 9.15 Å². The maximum atomic E-state index is 13.1. The molecular formula is C22H22FN3O3. The highest BCUT2D eigenvalue weighted by molar-refractivity contribution is 5.94. The van der Waals surface area contributed by atoms with E-state index in [0.717, 1.165) is 24.2 Å². The van der Waals surface area contributed by atoms with E-state index in [0.29, 0.717) is 36.8 Å². The van der Waals surface area contributed by atoms with Gasteiger partial charge in [-0.1, -0.05) is 12.1 Å². The first-order valence-electron chi connectivity index (χ1n) is 9.61. The molecule has 0 aliphatic carbocycles. The Morgan fingerprint density at radius 1 is 1.21 bits per heavy atom. The molecule has 1 saturated heterocycles. The number of amides is 1. The maximum Gasteiger partial charge on any atom is 0.255 e. The van der Waals surface area contributed by atoms with E-state index >= 15 is 0 Å². The average molecular weight is 395 g/mol. The second kappa shape index (κ2) is 8.43. The van der Waals surface area contributed by atoms with Gasteiger partial charge >= 0.3 is 0 Å². The summed E-state index contributed by atoms with van der Waals surface area (Å²) in [5.74, 6) is 1.60. The van der Waals surface area contributed by atoms with Crippen LogP contribution in [0.1, 0.15) is 46.3 Å². The van der Waals surface area contributed by atoms with Gasteiger partial charge in [-0.05, 0) is 36.6 Å². The van der Waals surface area contributed by atoms with Crippen LogP contribution in [0.5, 0.6) is 5.88 Å². The highest BCUT2D eigenvalue weighted by atomic mass is 19.1. The summed E-state index contributed by atoms with van der Waals surface area (Å²) in [4.78, 5) is 23.2. The van der Waals surface area contributed by atoms with E-state index in [-0.39, 0.29) is 17.6 Å². The third kappa shape index (κ3) is 4.45. The van der Waals surface area contributed by atoms with Crippen molar-refractivity contribution in [2.75, 3.05) is 20.2 Å². The minimum atomic E-state index is -0.258. The van der Waals surface area contributed by atoms with Crippen LogP contribution in [0, 0.1) is 5.82 Å². The van der Waals surface area contributed by atoms with Gasteiger partial charge in [0.25, 0.3) is 5.91 Å². The van der Waals surface area contributed by atoms with E-state index in [1.807, 2.05) is 4.90 Å². The van der Waals surface area contributed by atoms with Crippen molar-refractivity contribution in [3.05, 3.63) is 77.4 Å². The molecule has 0 saturated carbocycles. The Balaban J connectivity index is 1.42. The monoisotopic (exact) mass is 395 g/mol. The number of carbonyl (C=O) groups excluding carboxylic acids is 1. The number of ether oxygens (including phenoxy) is 1. The summed E-state index contributed by atoms with van der Waals surface area (Å²) in [6.45, 7) is 1.26. The van der Waals surface area contributed by atoms with Gasteiger partial charge in [-0.3, -0.25) is 4.79 Å². The number of carbonyl (C=O) groups is 1. The lowest BCUT2D eigenvalue weighted by Gasteiger charge is -2.31. The first kappa shape index (κ1) is 19.1. The minimum absolute atomic E-state index is 0.0528. The number of likely N-dealkylation sites (tertiary alicyclic amines) is 1. The van der Waals surface area contributed by atoms with Gasteiger partial charge in [0.2, 0.25) is 5.88 Å². The number of pyridine rings is 1. The molecule has 4 rings (SSSR count). The van der Waals surface area contributed by atoms with Crippen LogP contribution < -0.4 is 4.74 Å². The highest BCUT2D eigenvalue weighted by Crippen LogP contribution is 2.28. The normalized spacial score (nSPS) is 16.6. The Kier molecular flexibility index (Phi) is 5.55. The Morgan fingerprint density at radius 3 is 2.76 bits per heavy atom. The third-order valence-electron chi connectivity index (χ3n) is 5.11. The van der Waals surface area contributed by atoms with Gasteiger partial charge < -0.3 is 14.1 Å². The molecule has 0 radical (unpaired) electrons. The number of methoxy groups -OCH3 is 1. The van der Waals surface area contributed by atoms with Gasteiger partial charge in [-0.2, -0.15) is 0 Å². The van der Waals surface area contributed by atoms with E-state index in [1.165, 1.54) is 18.3 Å². The predicted molar refractivity (Wildman–Crippen MR) is 104 cm³/mol. The molecule has 1 fully saturated rings. The SMILES string of the molecule is COc1ccc(C(=O)N2CCC[C@@H](c3ncc(Cc4ccc(F)cc4)o3)C2)cn1. The predicted octanol–water partition coefficient (Wildman–Crippen LogP) is 3.83. The summed E-state index contributed by atoms with van der Waals surface area (Å²) in [5, 5.41) is 0. The molecule has 7 heteroatoms. The van der Waals surface area contributed by atoms with Gasteiger partial charge in [-0.15, -0.1) is 0 Å². The molecule has 3 aromatic rings. The van der Waals surface area contributed by atoms with Crippen LogP contribution >= 0.6 is 0 Å². The summed E-state index contributed by atoms with van der Waals surface area (Å²) in [7, 11) is 1.54. The van der Waals surface area contributed by atoms with E-state index in [9.17, 15) is 9.18 Å². The standard InChI is InChI=1S/C22H22FN3O3/c1-28-20-9-6-16(12-24-20)22(27)26-10-2-3-17(14-26)21-25-13-19(29-21)11-15-4-7-18(23)8-5-15/h4-9,12-13,17H,2-3,10-11,14H2,1H3/t17-/m1/s1. The van der Waals surface area contributed by atoms with Gasteiger partial charge in [0, 0.05) is 31.8 Å². The maximum absolute atomic E-state index is 13.1. The summed E-state index contributed by atoms with van der Waals surface area (Å²) in [6, 6.07) is 9.76. The van der Waals surface area contributed by atoms with Crippen LogP contribution in [0.2, 0.25) is 0 Å². The molecule has 3 heterocycles. The van der Waals surface area contributed by atoms with Crippen LogP contribution in [-0.2, 0) is 6.42 Å². The van der Waals surface area contributed by atoms with Crippen molar-refractivity contribution in [1.82, 2.24) is 14.9 Å². The van der Waals surface area contributed by atoms with Crippen LogP contribution in [-0.4, -0.2) is 41.0 Å². The van der Waals surface area contributed by atoms with Crippen LogP contribution in [0.25, 0.3) is 0 Å². The largest absolute Gasteiger partial charge is 0.481 e. The number of hydrogen-bond donors (Lipinski definition) is 0. The van der Waals surface area contributed by atoms with Crippen molar-refractivity contribution in [3.8, 4) is 5.88 Å². The Labute approximate surface area is 168 Å². The summed E-state index contributed by atoms with van der Waals surface area (Å²) >= 11 is 0. The van der Waals surface area contributed by atoms with E-state index in [1.54, 1.807) is 37.6 Å². The van der Waals surface area contributed by atoms with Crippen LogP contribution in [0.3, 0.4) is 0 Å². The fourth-order valence-corrected chi connectivity index (χ4v) is 3.57. The van der Waals surface area contributed by atoms with E-state index in [2.05, 4.69) is 9.97 Å². The first-order chi connectivity index (χ1) is 14.1. The minimum Gasteiger partial charge on any atom is -0.481 e. The molecular weight excluding hydrogens is 373 g/mol. The summed E-state index contributed by atoms with van der Waals surface area (Å²) < 4.78 is 24.1. The molecule has 1 amide bonds. The zero-order chi connectivity index (χ0) is 20.2. The second-order valence-corrected chi connectivity index (χ2v) is 7.15. The molecule has 1 aliphatic rings. The zero-order valence-electron chi connectivity index (χ0n) is 16.2. The second-order valence-electron chi connectivity index (χ2n) is 7.15. The molecule has 1 aliphatic heterocycles. The number of benzene rings is 1.